The molecule has 2 heterocycles. The van der Waals surface area contributed by atoms with Gasteiger partial charge in [-0.1, -0.05) is 6.07 Å². The molecule has 1 aromatic carbocycles. The molecule has 2 aromatic heterocycles. The van der Waals surface area contributed by atoms with Crippen LogP contribution < -0.4 is 11.2 Å². The van der Waals surface area contributed by atoms with E-state index in [1.165, 1.54) is 6.20 Å². The molecule has 0 radical (unpaired) electrons. The van der Waals surface area contributed by atoms with Gasteiger partial charge in [0.05, 0.1) is 10.9 Å². The van der Waals surface area contributed by atoms with Gasteiger partial charge in [-0.15, -0.1) is 0 Å². The summed E-state index contributed by atoms with van der Waals surface area (Å²) in [5.41, 5.74) is 9.15. The third-order valence-electron chi connectivity index (χ3n) is 4.73. The van der Waals surface area contributed by atoms with Crippen LogP contribution in [-0.2, 0) is 0 Å². The van der Waals surface area contributed by atoms with Gasteiger partial charge in [0.2, 0.25) is 5.43 Å². The molecule has 0 saturated heterocycles. The van der Waals surface area contributed by atoms with Gasteiger partial charge in [0.15, 0.2) is 0 Å². The highest BCUT2D eigenvalue weighted by atomic mass is 16.4. The van der Waals surface area contributed by atoms with Gasteiger partial charge in [-0.3, -0.25) is 9.78 Å². The Kier molecular flexibility index (Phi) is 3.35. The van der Waals surface area contributed by atoms with Crippen molar-refractivity contribution < 1.29 is 9.90 Å². The molecule has 6 heteroatoms. The van der Waals surface area contributed by atoms with Gasteiger partial charge in [-0.05, 0) is 43.0 Å². The van der Waals surface area contributed by atoms with E-state index in [9.17, 15) is 14.7 Å². The lowest BCUT2D eigenvalue weighted by molar-refractivity contribution is 0.0695. The van der Waals surface area contributed by atoms with Crippen molar-refractivity contribution in [2.75, 3.05) is 5.73 Å². The molecule has 1 aliphatic rings. The van der Waals surface area contributed by atoms with Crippen LogP contribution >= 0.6 is 0 Å². The van der Waals surface area contributed by atoms with Crippen LogP contribution in [0.25, 0.3) is 22.0 Å². The highest BCUT2D eigenvalue weighted by molar-refractivity contribution is 6.01. The second kappa shape index (κ2) is 5.44. The standard InChI is InChI=1S/C19H17N3O3/c1-10-13(11-3-2-6-21-8-11)7-15(20)16-17(10)22(12-4-5-12)9-14(18(16)23)19(24)25/h2-3,6-9,12H,4-5,20H2,1H3,(H,24,25). The summed E-state index contributed by atoms with van der Waals surface area (Å²) in [7, 11) is 0. The van der Waals surface area contributed by atoms with Crippen molar-refractivity contribution >= 4 is 22.6 Å². The first-order valence-electron chi connectivity index (χ1n) is 8.10. The lowest BCUT2D eigenvalue weighted by Crippen LogP contribution is -2.20. The molecule has 0 aliphatic heterocycles. The van der Waals surface area contributed by atoms with Crippen LogP contribution in [0.5, 0.6) is 0 Å². The number of aromatic carboxylic acids is 1. The SMILES string of the molecule is Cc1c(-c2cccnc2)cc(N)c2c(=O)c(C(=O)O)cn(C3CC3)c12. The van der Waals surface area contributed by atoms with Crippen molar-refractivity contribution in [1.29, 1.82) is 0 Å². The molecule has 1 fully saturated rings. The Balaban J connectivity index is 2.15. The van der Waals surface area contributed by atoms with Gasteiger partial charge in [0.25, 0.3) is 0 Å². The maximum Gasteiger partial charge on any atom is 0.341 e. The van der Waals surface area contributed by atoms with Gasteiger partial charge >= 0.3 is 5.97 Å². The van der Waals surface area contributed by atoms with Gasteiger partial charge in [-0.25, -0.2) is 4.79 Å². The molecule has 126 valence electrons. The number of hydrogen-bond donors (Lipinski definition) is 2. The molecule has 0 atom stereocenters. The molecule has 3 N–H and O–H groups in total. The number of carboxylic acids is 1. The summed E-state index contributed by atoms with van der Waals surface area (Å²) in [6, 6.07) is 5.73. The topological polar surface area (TPSA) is 98.2 Å². The summed E-state index contributed by atoms with van der Waals surface area (Å²) in [5.74, 6) is -1.23. The lowest BCUT2D eigenvalue weighted by atomic mass is 9.96. The fraction of sp³-hybridized carbons (Fsp3) is 0.211. The second-order valence-corrected chi connectivity index (χ2v) is 6.42. The molecule has 0 amide bonds. The fourth-order valence-electron chi connectivity index (χ4n) is 3.36. The molecule has 1 saturated carbocycles. The van der Waals surface area contributed by atoms with Crippen LogP contribution in [0.3, 0.4) is 0 Å². The molecule has 0 bridgehead atoms. The fourth-order valence-corrected chi connectivity index (χ4v) is 3.36. The Labute approximate surface area is 143 Å². The molecule has 6 nitrogen and oxygen atoms in total. The van der Waals surface area contributed by atoms with Crippen LogP contribution in [0.2, 0.25) is 0 Å². The number of nitrogen functional groups attached to an aromatic ring is 1. The molecule has 3 aromatic rings. The Morgan fingerprint density at radius 1 is 1.40 bits per heavy atom. The Bertz CT molecular complexity index is 1070. The number of carbonyl (C=O) groups is 1. The minimum Gasteiger partial charge on any atom is -0.477 e. The zero-order valence-corrected chi connectivity index (χ0v) is 13.7. The van der Waals surface area contributed by atoms with E-state index in [2.05, 4.69) is 4.98 Å². The quantitative estimate of drug-likeness (QED) is 0.717. The number of hydrogen-bond acceptors (Lipinski definition) is 4. The molecule has 0 unspecified atom stereocenters. The predicted octanol–water partition coefficient (Wildman–Crippen LogP) is 2.99. The predicted molar refractivity (Wildman–Crippen MR) is 95.8 cm³/mol. The number of nitrogens with two attached hydrogens (primary N) is 1. The van der Waals surface area contributed by atoms with E-state index in [1.54, 1.807) is 18.5 Å². The Hall–Kier alpha value is -3.15. The largest absolute Gasteiger partial charge is 0.477 e. The molecule has 25 heavy (non-hydrogen) atoms. The van der Waals surface area contributed by atoms with E-state index in [-0.39, 0.29) is 17.0 Å². The van der Waals surface area contributed by atoms with E-state index in [0.29, 0.717) is 5.69 Å². The second-order valence-electron chi connectivity index (χ2n) is 6.42. The van der Waals surface area contributed by atoms with Crippen molar-refractivity contribution in [3.8, 4) is 11.1 Å². The number of aryl methyl sites for hydroxylation is 1. The highest BCUT2D eigenvalue weighted by Gasteiger charge is 2.28. The zero-order chi connectivity index (χ0) is 17.7. The lowest BCUT2D eigenvalue weighted by Gasteiger charge is -2.18. The number of carboxylic acid groups (broad SMARTS) is 1. The van der Waals surface area contributed by atoms with Crippen molar-refractivity contribution in [1.82, 2.24) is 9.55 Å². The van der Waals surface area contributed by atoms with Crippen LogP contribution in [0.15, 0.2) is 41.6 Å². The normalized spacial score (nSPS) is 14.0. The number of benzene rings is 1. The summed E-state index contributed by atoms with van der Waals surface area (Å²) < 4.78 is 1.91. The molecular formula is C19H17N3O3. The van der Waals surface area contributed by atoms with Crippen LogP contribution in [0, 0.1) is 6.92 Å². The maximum atomic E-state index is 12.7. The molecule has 4 rings (SSSR count). The summed E-state index contributed by atoms with van der Waals surface area (Å²) in [6.07, 6.45) is 6.84. The van der Waals surface area contributed by atoms with Crippen LogP contribution in [0.1, 0.15) is 34.8 Å². The number of rotatable bonds is 3. The number of anilines is 1. The Morgan fingerprint density at radius 2 is 2.16 bits per heavy atom. The van der Waals surface area contributed by atoms with Gasteiger partial charge in [-0.2, -0.15) is 0 Å². The maximum absolute atomic E-state index is 12.7. The van der Waals surface area contributed by atoms with Crippen molar-refractivity contribution in [2.45, 2.75) is 25.8 Å². The monoisotopic (exact) mass is 335 g/mol. The van der Waals surface area contributed by atoms with Crippen LogP contribution in [-0.4, -0.2) is 20.6 Å². The summed E-state index contributed by atoms with van der Waals surface area (Å²) in [4.78, 5) is 28.3. The number of fused-ring (bicyclic) bond motifs is 1. The van der Waals surface area contributed by atoms with E-state index in [4.69, 9.17) is 5.73 Å². The summed E-state index contributed by atoms with van der Waals surface area (Å²) >= 11 is 0. The van der Waals surface area contributed by atoms with E-state index < -0.39 is 11.4 Å². The highest BCUT2D eigenvalue weighted by Crippen LogP contribution is 2.40. The first-order chi connectivity index (χ1) is 12.0. The minimum absolute atomic E-state index is 0.212. The smallest absolute Gasteiger partial charge is 0.341 e. The number of pyridine rings is 2. The average Bonchev–Trinajstić information content (AvgIpc) is 3.43. The van der Waals surface area contributed by atoms with E-state index in [1.807, 2.05) is 23.6 Å². The average molecular weight is 335 g/mol. The molecular weight excluding hydrogens is 318 g/mol. The third-order valence-corrected chi connectivity index (χ3v) is 4.73. The van der Waals surface area contributed by atoms with Crippen molar-refractivity contribution in [3.05, 3.63) is 58.1 Å². The third kappa shape index (κ3) is 2.38. The van der Waals surface area contributed by atoms with Gasteiger partial charge in [0.1, 0.15) is 5.56 Å². The number of nitrogens with zero attached hydrogens (tertiary/aromatic N) is 2. The van der Waals surface area contributed by atoms with Crippen LogP contribution in [0.4, 0.5) is 5.69 Å². The first kappa shape index (κ1) is 15.4. The first-order valence-corrected chi connectivity index (χ1v) is 8.10. The van der Waals surface area contributed by atoms with E-state index in [0.717, 1.165) is 35.0 Å². The van der Waals surface area contributed by atoms with Gasteiger partial charge < -0.3 is 15.4 Å². The molecule has 1 aliphatic carbocycles. The van der Waals surface area contributed by atoms with E-state index >= 15 is 0 Å². The van der Waals surface area contributed by atoms with Crippen molar-refractivity contribution in [3.63, 3.8) is 0 Å². The minimum atomic E-state index is -1.23. The number of aromatic nitrogens is 2. The summed E-state index contributed by atoms with van der Waals surface area (Å²) in [5, 5.41) is 9.67. The van der Waals surface area contributed by atoms with Crippen molar-refractivity contribution in [2.24, 2.45) is 0 Å². The van der Waals surface area contributed by atoms with Gasteiger partial charge in [0, 0.05) is 35.9 Å². The summed E-state index contributed by atoms with van der Waals surface area (Å²) in [6.45, 7) is 1.93. The molecule has 0 spiro atoms. The Morgan fingerprint density at radius 3 is 2.76 bits per heavy atom. The zero-order valence-electron chi connectivity index (χ0n) is 13.7.